The Balaban J connectivity index is 1.92. The smallest absolute Gasteiger partial charge is 0.250 e. The summed E-state index contributed by atoms with van der Waals surface area (Å²) in [6.07, 6.45) is 0. The second-order valence-corrected chi connectivity index (χ2v) is 7.68. The molecule has 0 spiro atoms. The Labute approximate surface area is 144 Å². The summed E-state index contributed by atoms with van der Waals surface area (Å²) in [6.45, 7) is 9.85. The summed E-state index contributed by atoms with van der Waals surface area (Å²) >= 11 is 3.04. The van der Waals surface area contributed by atoms with Gasteiger partial charge in [-0.1, -0.05) is 11.8 Å². The molecule has 0 atom stereocenters. The fourth-order valence-corrected chi connectivity index (χ4v) is 3.84. The first-order chi connectivity index (χ1) is 10.8. The van der Waals surface area contributed by atoms with E-state index in [1.54, 1.807) is 11.3 Å². The molecule has 2 aromatic rings. The first-order valence-corrected chi connectivity index (χ1v) is 9.01. The van der Waals surface area contributed by atoms with Crippen LogP contribution in [0, 0.1) is 27.7 Å². The van der Waals surface area contributed by atoms with Gasteiger partial charge in [0.1, 0.15) is 0 Å². The van der Waals surface area contributed by atoms with E-state index in [1.807, 2.05) is 26.8 Å². The number of thiophene rings is 1. The highest BCUT2D eigenvalue weighted by Crippen LogP contribution is 2.21. The minimum atomic E-state index is -0.165. The largest absolute Gasteiger partial charge is 0.272 e. The van der Waals surface area contributed by atoms with Gasteiger partial charge < -0.3 is 0 Å². The van der Waals surface area contributed by atoms with E-state index in [1.165, 1.54) is 21.5 Å². The van der Waals surface area contributed by atoms with Crippen molar-refractivity contribution in [2.75, 3.05) is 5.75 Å². The first-order valence-electron chi connectivity index (χ1n) is 7.21. The molecular formula is C16H20N4OS2. The maximum atomic E-state index is 11.9. The number of rotatable bonds is 5. The van der Waals surface area contributed by atoms with Gasteiger partial charge in [0.2, 0.25) is 0 Å². The van der Waals surface area contributed by atoms with Crippen molar-refractivity contribution in [3.8, 4) is 0 Å². The highest BCUT2D eigenvalue weighted by molar-refractivity contribution is 7.99. The number of hydrazone groups is 1. The molecule has 2 heterocycles. The van der Waals surface area contributed by atoms with E-state index in [4.69, 9.17) is 0 Å². The van der Waals surface area contributed by atoms with E-state index < -0.39 is 0 Å². The van der Waals surface area contributed by atoms with Crippen molar-refractivity contribution in [3.63, 3.8) is 0 Å². The van der Waals surface area contributed by atoms with Crippen molar-refractivity contribution in [2.45, 2.75) is 39.8 Å². The third-order valence-corrected chi connectivity index (χ3v) is 4.89. The maximum Gasteiger partial charge on any atom is 0.250 e. The number of aryl methyl sites for hydroxylation is 4. The minimum absolute atomic E-state index is 0.165. The normalized spacial score (nSPS) is 11.6. The number of amides is 1. The van der Waals surface area contributed by atoms with Crippen LogP contribution in [0.5, 0.6) is 0 Å². The molecule has 1 N–H and O–H groups in total. The second-order valence-electron chi connectivity index (χ2n) is 5.28. The molecule has 0 aliphatic heterocycles. The molecule has 0 aromatic carbocycles. The third kappa shape index (κ3) is 5.14. The zero-order valence-corrected chi connectivity index (χ0v) is 15.6. The lowest BCUT2D eigenvalue weighted by Crippen LogP contribution is -2.21. The highest BCUT2D eigenvalue weighted by atomic mass is 32.2. The Morgan fingerprint density at radius 3 is 2.43 bits per heavy atom. The summed E-state index contributed by atoms with van der Waals surface area (Å²) < 4.78 is 0. The minimum Gasteiger partial charge on any atom is -0.272 e. The van der Waals surface area contributed by atoms with E-state index in [-0.39, 0.29) is 11.7 Å². The maximum absolute atomic E-state index is 11.9. The van der Waals surface area contributed by atoms with Crippen LogP contribution in [0.3, 0.4) is 0 Å². The summed E-state index contributed by atoms with van der Waals surface area (Å²) in [6, 6.07) is 3.99. The molecule has 1 amide bonds. The zero-order chi connectivity index (χ0) is 17.0. The van der Waals surface area contributed by atoms with Crippen LogP contribution in [-0.4, -0.2) is 27.3 Å². The van der Waals surface area contributed by atoms with Crippen LogP contribution in [-0.2, 0) is 4.79 Å². The number of nitrogens with one attached hydrogen (secondary N) is 1. The SMILES string of the molecule is CC(=NNC(=O)CSc1nc(C)cc(C)n1)c1cc(C)sc1C. The predicted octanol–water partition coefficient (Wildman–Crippen LogP) is 3.40. The number of nitrogens with zero attached hydrogens (tertiary/aromatic N) is 3. The summed E-state index contributed by atoms with van der Waals surface area (Å²) in [4.78, 5) is 23.0. The van der Waals surface area contributed by atoms with Gasteiger partial charge in [-0.25, -0.2) is 15.4 Å². The Bertz CT molecular complexity index is 732. The van der Waals surface area contributed by atoms with Crippen LogP contribution in [0.1, 0.15) is 33.6 Å². The van der Waals surface area contributed by atoms with Crippen LogP contribution in [0.15, 0.2) is 22.4 Å². The lowest BCUT2D eigenvalue weighted by atomic mass is 10.2. The average molecular weight is 348 g/mol. The molecule has 5 nitrogen and oxygen atoms in total. The molecule has 0 bridgehead atoms. The molecule has 23 heavy (non-hydrogen) atoms. The van der Waals surface area contributed by atoms with E-state index in [0.29, 0.717) is 5.16 Å². The zero-order valence-electron chi connectivity index (χ0n) is 13.9. The van der Waals surface area contributed by atoms with Gasteiger partial charge in [-0.2, -0.15) is 5.10 Å². The summed E-state index contributed by atoms with van der Waals surface area (Å²) in [7, 11) is 0. The number of aromatic nitrogens is 2. The van der Waals surface area contributed by atoms with Crippen LogP contribution in [0.4, 0.5) is 0 Å². The van der Waals surface area contributed by atoms with Gasteiger partial charge in [-0.05, 0) is 46.8 Å². The molecular weight excluding hydrogens is 328 g/mol. The fourth-order valence-electron chi connectivity index (χ4n) is 2.12. The fraction of sp³-hybridized carbons (Fsp3) is 0.375. The van der Waals surface area contributed by atoms with Gasteiger partial charge in [0.05, 0.1) is 11.5 Å². The predicted molar refractivity (Wildman–Crippen MR) is 96.4 cm³/mol. The van der Waals surface area contributed by atoms with Crippen molar-refractivity contribution in [2.24, 2.45) is 5.10 Å². The summed E-state index contributed by atoms with van der Waals surface area (Å²) in [5.41, 5.74) is 6.29. The molecule has 2 rings (SSSR count). The average Bonchev–Trinajstić information content (AvgIpc) is 2.80. The van der Waals surface area contributed by atoms with E-state index in [0.717, 1.165) is 22.7 Å². The quantitative estimate of drug-likeness (QED) is 0.389. The third-order valence-electron chi connectivity index (χ3n) is 3.07. The van der Waals surface area contributed by atoms with Crippen molar-refractivity contribution in [1.29, 1.82) is 0 Å². The van der Waals surface area contributed by atoms with Gasteiger partial charge in [0.15, 0.2) is 5.16 Å². The van der Waals surface area contributed by atoms with Crippen LogP contribution in [0.25, 0.3) is 0 Å². The Morgan fingerprint density at radius 2 is 1.87 bits per heavy atom. The monoisotopic (exact) mass is 348 g/mol. The van der Waals surface area contributed by atoms with Crippen molar-refractivity contribution < 1.29 is 4.79 Å². The molecule has 0 fully saturated rings. The van der Waals surface area contributed by atoms with Crippen molar-refractivity contribution >= 4 is 34.7 Å². The molecule has 0 unspecified atom stereocenters. The molecule has 0 aliphatic carbocycles. The van der Waals surface area contributed by atoms with Crippen LogP contribution >= 0.6 is 23.1 Å². The number of hydrogen-bond donors (Lipinski definition) is 1. The number of carbonyl (C=O) groups excluding carboxylic acids is 1. The van der Waals surface area contributed by atoms with Gasteiger partial charge in [-0.3, -0.25) is 4.79 Å². The standard InChI is InChI=1S/C16H20N4OS2/c1-9-6-10(2)18-16(17-9)22-8-15(21)20-19-12(4)14-7-11(3)23-13(14)5/h6-7H,8H2,1-5H3,(H,20,21). The van der Waals surface area contributed by atoms with Crippen LogP contribution < -0.4 is 5.43 Å². The molecule has 2 aromatic heterocycles. The van der Waals surface area contributed by atoms with Gasteiger partial charge >= 0.3 is 0 Å². The van der Waals surface area contributed by atoms with Crippen molar-refractivity contribution in [1.82, 2.24) is 15.4 Å². The van der Waals surface area contributed by atoms with Gasteiger partial charge in [0, 0.05) is 26.7 Å². The first kappa shape index (κ1) is 17.6. The number of thioether (sulfide) groups is 1. The number of hydrogen-bond acceptors (Lipinski definition) is 6. The summed E-state index contributed by atoms with van der Waals surface area (Å²) in [5.74, 6) is 0.0723. The van der Waals surface area contributed by atoms with Gasteiger partial charge in [-0.15, -0.1) is 11.3 Å². The Hall–Kier alpha value is -1.73. The topological polar surface area (TPSA) is 67.2 Å². The molecule has 0 saturated heterocycles. The van der Waals surface area contributed by atoms with Gasteiger partial charge in [0.25, 0.3) is 5.91 Å². The lowest BCUT2D eigenvalue weighted by molar-refractivity contribution is -0.118. The van der Waals surface area contributed by atoms with E-state index in [2.05, 4.69) is 40.4 Å². The van der Waals surface area contributed by atoms with Crippen LogP contribution in [0.2, 0.25) is 0 Å². The number of carbonyl (C=O) groups is 1. The van der Waals surface area contributed by atoms with E-state index >= 15 is 0 Å². The highest BCUT2D eigenvalue weighted by Gasteiger charge is 2.08. The van der Waals surface area contributed by atoms with Crippen molar-refractivity contribution in [3.05, 3.63) is 38.8 Å². The lowest BCUT2D eigenvalue weighted by Gasteiger charge is -2.03. The second kappa shape index (κ2) is 7.70. The Morgan fingerprint density at radius 1 is 1.22 bits per heavy atom. The molecule has 7 heteroatoms. The molecule has 122 valence electrons. The van der Waals surface area contributed by atoms with E-state index in [9.17, 15) is 4.79 Å². The molecule has 0 saturated carbocycles. The Kier molecular flexibility index (Phi) is 5.90. The molecule has 0 aliphatic rings. The molecule has 0 radical (unpaired) electrons. The summed E-state index contributed by atoms with van der Waals surface area (Å²) in [5, 5.41) is 4.80.